The molecular weight excluding hydrogens is 346 g/mol. The monoisotopic (exact) mass is 359 g/mol. The number of sulfone groups is 1. The summed E-state index contributed by atoms with van der Waals surface area (Å²) in [5.74, 6) is -0.376. The molecule has 2 aromatic heterocycles. The summed E-state index contributed by atoms with van der Waals surface area (Å²) in [6.07, 6.45) is 5.33. The summed E-state index contributed by atoms with van der Waals surface area (Å²) in [5.41, 5.74) is 1.31. The van der Waals surface area contributed by atoms with Gasteiger partial charge in [0, 0.05) is 23.4 Å². The van der Waals surface area contributed by atoms with Gasteiger partial charge in [0.05, 0.1) is 22.0 Å². The lowest BCUT2D eigenvalue weighted by atomic mass is 10.2. The van der Waals surface area contributed by atoms with E-state index in [4.69, 9.17) is 0 Å². The molecule has 24 heavy (non-hydrogen) atoms. The van der Waals surface area contributed by atoms with Crippen LogP contribution in [0.2, 0.25) is 0 Å². The Bertz CT molecular complexity index is 1050. The van der Waals surface area contributed by atoms with Crippen LogP contribution in [0.3, 0.4) is 0 Å². The number of carbonyl (C=O) groups excluding carboxylic acids is 1. The van der Waals surface area contributed by atoms with E-state index < -0.39 is 15.9 Å². The van der Waals surface area contributed by atoms with Crippen LogP contribution < -0.4 is 5.32 Å². The largest absolute Gasteiger partial charge is 0.345 e. The molecule has 6 nitrogen and oxygen atoms in total. The Hall–Kier alpha value is -2.45. The maximum absolute atomic E-state index is 12.3. The molecule has 0 saturated carbocycles. The molecule has 1 aliphatic heterocycles. The fourth-order valence-electron chi connectivity index (χ4n) is 2.54. The summed E-state index contributed by atoms with van der Waals surface area (Å²) in [7, 11) is -3.19. The number of amides is 1. The lowest BCUT2D eigenvalue weighted by Crippen LogP contribution is -2.35. The van der Waals surface area contributed by atoms with E-state index in [1.165, 1.54) is 17.4 Å². The van der Waals surface area contributed by atoms with Crippen molar-refractivity contribution in [2.24, 2.45) is 0 Å². The highest BCUT2D eigenvalue weighted by Gasteiger charge is 2.23. The second-order valence-electron chi connectivity index (χ2n) is 5.51. The molecule has 0 fully saturated rings. The first kappa shape index (κ1) is 15.1. The molecule has 0 saturated heterocycles. The van der Waals surface area contributed by atoms with Crippen LogP contribution in [0.5, 0.6) is 0 Å². The van der Waals surface area contributed by atoms with Crippen molar-refractivity contribution >= 4 is 37.3 Å². The van der Waals surface area contributed by atoms with Crippen LogP contribution in [-0.2, 0) is 9.84 Å². The van der Waals surface area contributed by atoms with Crippen molar-refractivity contribution in [3.8, 4) is 5.13 Å². The van der Waals surface area contributed by atoms with E-state index in [1.54, 1.807) is 18.2 Å². The number of carbonyl (C=O) groups is 1. The number of rotatable bonds is 3. The quantitative estimate of drug-likeness (QED) is 0.777. The summed E-state index contributed by atoms with van der Waals surface area (Å²) >= 11 is 1.49. The molecule has 0 radical (unpaired) electrons. The van der Waals surface area contributed by atoms with E-state index in [0.717, 1.165) is 20.8 Å². The number of fused-ring (bicyclic) bond motifs is 1. The van der Waals surface area contributed by atoms with Crippen LogP contribution in [0.25, 0.3) is 15.3 Å². The molecule has 122 valence electrons. The van der Waals surface area contributed by atoms with Crippen LogP contribution in [0.1, 0.15) is 10.4 Å². The first-order valence-electron chi connectivity index (χ1n) is 7.26. The molecule has 3 aromatic rings. The minimum absolute atomic E-state index is 0.0840. The molecule has 0 bridgehead atoms. The van der Waals surface area contributed by atoms with Gasteiger partial charge in [-0.2, -0.15) is 0 Å². The van der Waals surface area contributed by atoms with Gasteiger partial charge in [-0.25, -0.2) is 13.4 Å². The Kier molecular flexibility index (Phi) is 3.50. The lowest BCUT2D eigenvalue weighted by molar-refractivity contribution is 0.0948. The Morgan fingerprint density at radius 3 is 2.79 bits per heavy atom. The van der Waals surface area contributed by atoms with Gasteiger partial charge in [0.1, 0.15) is 0 Å². The zero-order valence-corrected chi connectivity index (χ0v) is 14.0. The van der Waals surface area contributed by atoms with Gasteiger partial charge in [-0.15, -0.1) is 0 Å². The van der Waals surface area contributed by atoms with E-state index in [2.05, 4.69) is 10.3 Å². The molecule has 0 spiro atoms. The number of nitrogens with one attached hydrogen (secondary N) is 1. The molecule has 1 N–H and O–H groups in total. The smallest absolute Gasteiger partial charge is 0.251 e. The Balaban J connectivity index is 1.58. The number of hydrogen-bond donors (Lipinski definition) is 1. The molecule has 8 heteroatoms. The van der Waals surface area contributed by atoms with Crippen LogP contribution in [0.4, 0.5) is 0 Å². The van der Waals surface area contributed by atoms with Gasteiger partial charge in [0.25, 0.3) is 5.91 Å². The summed E-state index contributed by atoms with van der Waals surface area (Å²) < 4.78 is 25.6. The first-order valence-corrected chi connectivity index (χ1v) is 9.79. The van der Waals surface area contributed by atoms with Gasteiger partial charge < -0.3 is 9.88 Å². The number of thiazole rings is 1. The minimum atomic E-state index is -3.19. The normalized spacial score (nSPS) is 18.9. The Morgan fingerprint density at radius 1 is 1.29 bits per heavy atom. The SMILES string of the molecule is O=C(N[C@H]1C=CS(=O)(=O)C1)c1ccc2nc(-n3cccc3)sc2c1. The third kappa shape index (κ3) is 2.85. The maximum Gasteiger partial charge on any atom is 0.251 e. The molecule has 4 rings (SSSR count). The molecule has 1 aromatic carbocycles. The highest BCUT2D eigenvalue weighted by molar-refractivity contribution is 7.94. The van der Waals surface area contributed by atoms with Crippen molar-refractivity contribution in [3.63, 3.8) is 0 Å². The molecule has 1 atom stereocenters. The summed E-state index contributed by atoms with van der Waals surface area (Å²) in [6.45, 7) is 0. The number of aromatic nitrogens is 2. The van der Waals surface area contributed by atoms with Crippen LogP contribution in [0.15, 0.2) is 54.2 Å². The van der Waals surface area contributed by atoms with E-state index in [1.807, 2.05) is 29.1 Å². The highest BCUT2D eigenvalue weighted by atomic mass is 32.2. The van der Waals surface area contributed by atoms with Gasteiger partial charge in [-0.3, -0.25) is 4.79 Å². The predicted molar refractivity (Wildman–Crippen MR) is 93.1 cm³/mol. The van der Waals surface area contributed by atoms with Crippen molar-refractivity contribution in [1.29, 1.82) is 0 Å². The maximum atomic E-state index is 12.3. The van der Waals surface area contributed by atoms with Crippen LogP contribution in [-0.4, -0.2) is 35.7 Å². The fraction of sp³-hybridized carbons (Fsp3) is 0.125. The van der Waals surface area contributed by atoms with Crippen molar-refractivity contribution in [1.82, 2.24) is 14.9 Å². The molecule has 3 heterocycles. The molecular formula is C16H13N3O3S2. The second kappa shape index (κ2) is 5.57. The van der Waals surface area contributed by atoms with Gasteiger partial charge in [-0.05, 0) is 36.4 Å². The zero-order valence-electron chi connectivity index (χ0n) is 12.4. The van der Waals surface area contributed by atoms with Gasteiger partial charge >= 0.3 is 0 Å². The standard InChI is InChI=1S/C16H13N3O3S2/c20-15(17-12-5-8-24(21,22)10-12)11-3-4-13-14(9-11)23-16(18-13)19-6-1-2-7-19/h1-9,12H,10H2,(H,17,20)/t12-/m0/s1. The minimum Gasteiger partial charge on any atom is -0.345 e. The number of hydrogen-bond acceptors (Lipinski definition) is 5. The molecule has 1 amide bonds. The topological polar surface area (TPSA) is 81.1 Å². The first-order chi connectivity index (χ1) is 11.5. The predicted octanol–water partition coefficient (Wildman–Crippen LogP) is 2.13. The van der Waals surface area contributed by atoms with Crippen molar-refractivity contribution in [3.05, 3.63) is 59.8 Å². The molecule has 1 aliphatic rings. The van der Waals surface area contributed by atoms with Crippen LogP contribution in [0, 0.1) is 0 Å². The van der Waals surface area contributed by atoms with E-state index in [9.17, 15) is 13.2 Å². The van der Waals surface area contributed by atoms with Gasteiger partial charge in [0.2, 0.25) is 0 Å². The lowest BCUT2D eigenvalue weighted by Gasteiger charge is -2.09. The summed E-state index contributed by atoms with van der Waals surface area (Å²) in [6, 6.07) is 8.65. The number of benzene rings is 1. The van der Waals surface area contributed by atoms with Crippen molar-refractivity contribution in [2.75, 3.05) is 5.75 Å². The van der Waals surface area contributed by atoms with Crippen molar-refractivity contribution in [2.45, 2.75) is 6.04 Å². The Labute approximate surface area is 142 Å². The molecule has 0 unspecified atom stereocenters. The van der Waals surface area contributed by atoms with Gasteiger partial charge in [0.15, 0.2) is 15.0 Å². The number of nitrogens with zero attached hydrogens (tertiary/aromatic N) is 2. The fourth-order valence-corrected chi connectivity index (χ4v) is 4.75. The molecule has 0 aliphatic carbocycles. The van der Waals surface area contributed by atoms with Crippen molar-refractivity contribution < 1.29 is 13.2 Å². The summed E-state index contributed by atoms with van der Waals surface area (Å²) in [5, 5.41) is 4.70. The highest BCUT2D eigenvalue weighted by Crippen LogP contribution is 2.26. The zero-order chi connectivity index (χ0) is 16.7. The van der Waals surface area contributed by atoms with Gasteiger partial charge in [-0.1, -0.05) is 11.3 Å². The average molecular weight is 359 g/mol. The van der Waals surface area contributed by atoms with E-state index in [0.29, 0.717) is 5.56 Å². The third-order valence-electron chi connectivity index (χ3n) is 3.71. The van der Waals surface area contributed by atoms with E-state index in [-0.39, 0.29) is 11.7 Å². The average Bonchev–Trinajstić information content (AvgIpc) is 3.25. The Morgan fingerprint density at radius 2 is 2.08 bits per heavy atom. The third-order valence-corrected chi connectivity index (χ3v) is 6.14. The second-order valence-corrected chi connectivity index (χ2v) is 8.45. The van der Waals surface area contributed by atoms with Crippen LogP contribution >= 0.6 is 11.3 Å². The van der Waals surface area contributed by atoms with E-state index >= 15 is 0 Å². The summed E-state index contributed by atoms with van der Waals surface area (Å²) in [4.78, 5) is 16.9.